The lowest BCUT2D eigenvalue weighted by Crippen LogP contribution is -2.54. The summed E-state index contributed by atoms with van der Waals surface area (Å²) in [7, 11) is 0. The maximum atomic E-state index is 14.7. The molecule has 2 fully saturated rings. The second kappa shape index (κ2) is 6.81. The molecule has 0 saturated carbocycles. The Kier molecular flexibility index (Phi) is 4.44. The third kappa shape index (κ3) is 2.87. The molecule has 4 rings (SSSR count). The zero-order valence-electron chi connectivity index (χ0n) is 14.9. The van der Waals surface area contributed by atoms with Crippen molar-refractivity contribution in [3.05, 3.63) is 29.1 Å². The van der Waals surface area contributed by atoms with E-state index in [0.29, 0.717) is 19.5 Å². The molecule has 0 bridgehead atoms. The van der Waals surface area contributed by atoms with Gasteiger partial charge < -0.3 is 9.69 Å². The van der Waals surface area contributed by atoms with E-state index in [4.69, 9.17) is 0 Å². The number of carbonyl (C=O) groups is 5. The van der Waals surface area contributed by atoms with Crippen molar-refractivity contribution in [1.29, 1.82) is 0 Å². The van der Waals surface area contributed by atoms with E-state index in [1.54, 1.807) is 4.90 Å². The van der Waals surface area contributed by atoms with Crippen LogP contribution in [0.3, 0.4) is 0 Å². The van der Waals surface area contributed by atoms with E-state index in [2.05, 4.69) is 5.32 Å². The minimum atomic E-state index is -1.08. The number of rotatable bonds is 4. The van der Waals surface area contributed by atoms with Crippen LogP contribution in [0.2, 0.25) is 0 Å². The Bertz CT molecular complexity index is 915. The second-order valence-electron chi connectivity index (χ2n) is 7.30. The van der Waals surface area contributed by atoms with Crippen molar-refractivity contribution in [3.8, 4) is 0 Å². The van der Waals surface area contributed by atoms with Crippen LogP contribution >= 0.6 is 0 Å². The van der Waals surface area contributed by atoms with Gasteiger partial charge in [0.2, 0.25) is 11.8 Å². The summed E-state index contributed by atoms with van der Waals surface area (Å²) in [5.74, 6) is -3.06. The molecule has 4 amide bonds. The number of nitrogens with zero attached hydrogens (tertiary/aromatic N) is 2. The number of hydrogen-bond acceptors (Lipinski definition) is 6. The molecule has 3 aliphatic heterocycles. The molecule has 3 heterocycles. The monoisotopic (exact) mass is 387 g/mol. The van der Waals surface area contributed by atoms with Crippen molar-refractivity contribution in [3.63, 3.8) is 0 Å². The largest absolute Gasteiger partial charge is 0.369 e. The molecular weight excluding hydrogens is 369 g/mol. The van der Waals surface area contributed by atoms with Crippen LogP contribution in [0.25, 0.3) is 0 Å². The lowest BCUT2D eigenvalue weighted by molar-refractivity contribution is -0.136. The van der Waals surface area contributed by atoms with Crippen LogP contribution in [0.1, 0.15) is 46.4 Å². The van der Waals surface area contributed by atoms with Gasteiger partial charge in [0.25, 0.3) is 11.8 Å². The summed E-state index contributed by atoms with van der Waals surface area (Å²) in [5, 5.41) is 2.12. The molecule has 8 nitrogen and oxygen atoms in total. The van der Waals surface area contributed by atoms with Crippen LogP contribution in [-0.2, 0) is 14.4 Å². The molecule has 2 saturated heterocycles. The highest BCUT2D eigenvalue weighted by molar-refractivity contribution is 6.23. The SMILES string of the molecule is O=CCC1CCN(c2cc3c(cc2F)C(=O)N(C2CCC(=O)NC2=O)C3=O)C1. The summed E-state index contributed by atoms with van der Waals surface area (Å²) in [5.41, 5.74) is 0.169. The molecule has 28 heavy (non-hydrogen) atoms. The molecular formula is C19H18FN3O5. The molecule has 0 aromatic heterocycles. The summed E-state index contributed by atoms with van der Waals surface area (Å²) in [6.45, 7) is 1.04. The highest BCUT2D eigenvalue weighted by atomic mass is 19.1. The first kappa shape index (κ1) is 18.3. The minimum absolute atomic E-state index is 0.0231. The lowest BCUT2D eigenvalue weighted by atomic mass is 10.0. The standard InChI is InChI=1S/C19H18FN3O5/c20-13-7-11-12(8-15(13)22-5-3-10(9-22)4-6-24)19(28)23(18(11)27)14-1-2-16(25)21-17(14)26/h6-8,10,14H,1-5,9H2,(H,21,25,26). The first-order chi connectivity index (χ1) is 13.4. The fraction of sp³-hybridized carbons (Fsp3) is 0.421. The van der Waals surface area contributed by atoms with E-state index < -0.39 is 35.5 Å². The van der Waals surface area contributed by atoms with Crippen LogP contribution < -0.4 is 10.2 Å². The highest BCUT2D eigenvalue weighted by Gasteiger charge is 2.45. The number of benzene rings is 1. The van der Waals surface area contributed by atoms with Gasteiger partial charge in [-0.3, -0.25) is 29.4 Å². The number of aldehydes is 1. The Morgan fingerprint density at radius 2 is 1.82 bits per heavy atom. The Labute approximate surface area is 159 Å². The van der Waals surface area contributed by atoms with E-state index in [0.717, 1.165) is 23.7 Å². The fourth-order valence-corrected chi connectivity index (χ4v) is 4.10. The predicted molar refractivity (Wildman–Crippen MR) is 94.1 cm³/mol. The zero-order valence-corrected chi connectivity index (χ0v) is 14.9. The van der Waals surface area contributed by atoms with Gasteiger partial charge in [0.1, 0.15) is 18.1 Å². The van der Waals surface area contributed by atoms with E-state index in [9.17, 15) is 28.4 Å². The van der Waals surface area contributed by atoms with Crippen LogP contribution in [-0.4, -0.2) is 53.9 Å². The van der Waals surface area contributed by atoms with Gasteiger partial charge >= 0.3 is 0 Å². The first-order valence-corrected chi connectivity index (χ1v) is 9.14. The zero-order chi connectivity index (χ0) is 20.0. The molecule has 1 N–H and O–H groups in total. The van der Waals surface area contributed by atoms with Crippen LogP contribution in [0.5, 0.6) is 0 Å². The smallest absolute Gasteiger partial charge is 0.262 e. The molecule has 0 radical (unpaired) electrons. The summed E-state index contributed by atoms with van der Waals surface area (Å²) in [6, 6.07) is 1.30. The average molecular weight is 387 g/mol. The summed E-state index contributed by atoms with van der Waals surface area (Å²) >= 11 is 0. The van der Waals surface area contributed by atoms with Crippen molar-refractivity contribution < 1.29 is 28.4 Å². The number of imide groups is 2. The number of halogens is 1. The summed E-state index contributed by atoms with van der Waals surface area (Å²) in [6.07, 6.45) is 2.04. The van der Waals surface area contributed by atoms with Gasteiger partial charge in [-0.1, -0.05) is 0 Å². The Hall–Kier alpha value is -3.10. The number of nitrogens with one attached hydrogen (secondary N) is 1. The number of anilines is 1. The Morgan fingerprint density at radius 3 is 2.50 bits per heavy atom. The highest BCUT2D eigenvalue weighted by Crippen LogP contribution is 2.34. The third-order valence-corrected chi connectivity index (χ3v) is 5.56. The molecule has 1 aromatic rings. The molecule has 3 aliphatic rings. The lowest BCUT2D eigenvalue weighted by Gasteiger charge is -2.27. The topological polar surface area (TPSA) is 104 Å². The van der Waals surface area contributed by atoms with E-state index >= 15 is 0 Å². The molecule has 0 spiro atoms. The number of fused-ring (bicyclic) bond motifs is 1. The van der Waals surface area contributed by atoms with E-state index in [1.165, 1.54) is 6.07 Å². The Morgan fingerprint density at radius 1 is 1.11 bits per heavy atom. The number of amides is 4. The predicted octanol–water partition coefficient (Wildman–Crippen LogP) is 0.642. The number of piperidine rings is 1. The normalized spacial score (nSPS) is 24.6. The molecule has 2 atom stereocenters. The van der Waals surface area contributed by atoms with Crippen molar-refractivity contribution >= 4 is 35.6 Å². The maximum Gasteiger partial charge on any atom is 0.262 e. The summed E-state index contributed by atoms with van der Waals surface area (Å²) < 4.78 is 14.7. The van der Waals surface area contributed by atoms with Gasteiger partial charge in [0.15, 0.2) is 0 Å². The van der Waals surface area contributed by atoms with E-state index in [-0.39, 0.29) is 35.6 Å². The average Bonchev–Trinajstić information content (AvgIpc) is 3.19. The van der Waals surface area contributed by atoms with Gasteiger partial charge in [-0.25, -0.2) is 4.39 Å². The van der Waals surface area contributed by atoms with Crippen molar-refractivity contribution in [2.75, 3.05) is 18.0 Å². The van der Waals surface area contributed by atoms with Crippen molar-refractivity contribution in [2.24, 2.45) is 5.92 Å². The van der Waals surface area contributed by atoms with Gasteiger partial charge in [-0.05, 0) is 30.9 Å². The van der Waals surface area contributed by atoms with Crippen molar-refractivity contribution in [1.82, 2.24) is 10.2 Å². The minimum Gasteiger partial charge on any atom is -0.369 e. The number of hydrogen-bond donors (Lipinski definition) is 1. The van der Waals surface area contributed by atoms with Crippen LogP contribution in [0, 0.1) is 11.7 Å². The molecule has 2 unspecified atom stereocenters. The second-order valence-corrected chi connectivity index (χ2v) is 7.30. The molecule has 146 valence electrons. The molecule has 1 aromatic carbocycles. The van der Waals surface area contributed by atoms with Crippen molar-refractivity contribution in [2.45, 2.75) is 31.7 Å². The maximum absolute atomic E-state index is 14.7. The Balaban J connectivity index is 1.63. The van der Waals surface area contributed by atoms with Crippen LogP contribution in [0.4, 0.5) is 10.1 Å². The number of carbonyl (C=O) groups excluding carboxylic acids is 5. The van der Waals surface area contributed by atoms with Gasteiger partial charge in [0.05, 0.1) is 16.8 Å². The van der Waals surface area contributed by atoms with Crippen LogP contribution in [0.15, 0.2) is 12.1 Å². The van der Waals surface area contributed by atoms with Gasteiger partial charge in [0, 0.05) is 25.9 Å². The van der Waals surface area contributed by atoms with E-state index in [1.807, 2.05) is 0 Å². The fourth-order valence-electron chi connectivity index (χ4n) is 4.10. The summed E-state index contributed by atoms with van der Waals surface area (Å²) in [4.78, 5) is 62.2. The molecule has 9 heteroatoms. The van der Waals surface area contributed by atoms with Gasteiger partial charge in [-0.15, -0.1) is 0 Å². The molecule has 0 aliphatic carbocycles. The third-order valence-electron chi connectivity index (χ3n) is 5.56. The quantitative estimate of drug-likeness (QED) is 0.601. The first-order valence-electron chi connectivity index (χ1n) is 9.14. The van der Waals surface area contributed by atoms with Gasteiger partial charge in [-0.2, -0.15) is 0 Å².